The highest BCUT2D eigenvalue weighted by Crippen LogP contribution is 2.43. The van der Waals surface area contributed by atoms with Crippen molar-refractivity contribution in [2.75, 3.05) is 7.05 Å². The van der Waals surface area contributed by atoms with Crippen LogP contribution in [-0.2, 0) is 0 Å². The largest absolute Gasteiger partial charge is 0.323 e. The zero-order valence-electron chi connectivity index (χ0n) is 8.56. The molecule has 1 unspecified atom stereocenters. The van der Waals surface area contributed by atoms with Crippen molar-refractivity contribution in [3.63, 3.8) is 0 Å². The Balaban J connectivity index is 2.34. The molecule has 1 fully saturated rings. The van der Waals surface area contributed by atoms with Crippen molar-refractivity contribution in [3.05, 3.63) is 35.4 Å². The van der Waals surface area contributed by atoms with Gasteiger partial charge in [0, 0.05) is 17.2 Å². The zero-order chi connectivity index (χ0) is 11.1. The van der Waals surface area contributed by atoms with Gasteiger partial charge in [0.2, 0.25) is 0 Å². The van der Waals surface area contributed by atoms with Gasteiger partial charge in [-0.25, -0.2) is 8.78 Å². The van der Waals surface area contributed by atoms with Crippen LogP contribution in [0.4, 0.5) is 8.78 Å². The third-order valence-electron chi connectivity index (χ3n) is 2.96. The summed E-state index contributed by atoms with van der Waals surface area (Å²) in [5.41, 5.74) is 6.09. The lowest BCUT2D eigenvalue weighted by Gasteiger charge is -2.23. The third kappa shape index (κ3) is 1.87. The van der Waals surface area contributed by atoms with Crippen molar-refractivity contribution in [2.45, 2.75) is 24.4 Å². The van der Waals surface area contributed by atoms with Crippen molar-refractivity contribution in [3.8, 4) is 0 Å². The van der Waals surface area contributed by atoms with Crippen LogP contribution in [0.1, 0.15) is 24.4 Å². The number of halogens is 2. The van der Waals surface area contributed by atoms with Gasteiger partial charge in [-0.1, -0.05) is 6.07 Å². The maximum Gasteiger partial charge on any atom is 0.130 e. The molecule has 0 spiro atoms. The number of nitrogens with one attached hydrogen (secondary N) is 1. The maximum atomic E-state index is 13.5. The van der Waals surface area contributed by atoms with Gasteiger partial charge in [-0.2, -0.15) is 0 Å². The Kier molecular flexibility index (Phi) is 2.48. The van der Waals surface area contributed by atoms with E-state index < -0.39 is 11.6 Å². The van der Waals surface area contributed by atoms with E-state index in [4.69, 9.17) is 5.73 Å². The molecule has 0 aromatic heterocycles. The molecule has 1 aliphatic carbocycles. The Morgan fingerprint density at radius 1 is 1.40 bits per heavy atom. The summed E-state index contributed by atoms with van der Waals surface area (Å²) in [4.78, 5) is 0. The minimum atomic E-state index is -0.562. The second kappa shape index (κ2) is 3.54. The van der Waals surface area contributed by atoms with Gasteiger partial charge >= 0.3 is 0 Å². The topological polar surface area (TPSA) is 38.0 Å². The third-order valence-corrected chi connectivity index (χ3v) is 2.96. The molecular formula is C11H14F2N2. The van der Waals surface area contributed by atoms with Crippen LogP contribution in [0.2, 0.25) is 0 Å². The molecule has 1 aromatic rings. The molecule has 4 heteroatoms. The van der Waals surface area contributed by atoms with Crippen LogP contribution in [0.15, 0.2) is 18.2 Å². The first-order valence-corrected chi connectivity index (χ1v) is 4.98. The summed E-state index contributed by atoms with van der Waals surface area (Å²) in [6.45, 7) is 0. The van der Waals surface area contributed by atoms with Gasteiger partial charge in [0.15, 0.2) is 0 Å². The van der Waals surface area contributed by atoms with Crippen LogP contribution in [0.5, 0.6) is 0 Å². The number of rotatable bonds is 3. The first-order valence-electron chi connectivity index (χ1n) is 4.98. The van der Waals surface area contributed by atoms with Gasteiger partial charge in [-0.15, -0.1) is 0 Å². The lowest BCUT2D eigenvalue weighted by atomic mass is 9.97. The molecule has 1 atom stereocenters. The van der Waals surface area contributed by atoms with Crippen LogP contribution in [-0.4, -0.2) is 12.6 Å². The van der Waals surface area contributed by atoms with E-state index in [0.29, 0.717) is 5.56 Å². The van der Waals surface area contributed by atoms with Crippen LogP contribution in [0.25, 0.3) is 0 Å². The first-order chi connectivity index (χ1) is 7.07. The van der Waals surface area contributed by atoms with Crippen LogP contribution in [0.3, 0.4) is 0 Å². The quantitative estimate of drug-likeness (QED) is 0.800. The fourth-order valence-corrected chi connectivity index (χ4v) is 1.92. The van der Waals surface area contributed by atoms with Crippen molar-refractivity contribution < 1.29 is 8.78 Å². The summed E-state index contributed by atoms with van der Waals surface area (Å²) in [6.07, 6.45) is 1.74. The highest BCUT2D eigenvalue weighted by molar-refractivity contribution is 5.28. The molecular weight excluding hydrogens is 198 g/mol. The molecule has 3 N–H and O–H groups in total. The van der Waals surface area contributed by atoms with Crippen molar-refractivity contribution >= 4 is 0 Å². The summed E-state index contributed by atoms with van der Waals surface area (Å²) < 4.78 is 26.2. The highest BCUT2D eigenvalue weighted by Gasteiger charge is 2.46. The normalized spacial score (nSPS) is 20.0. The lowest BCUT2D eigenvalue weighted by molar-refractivity contribution is 0.438. The maximum absolute atomic E-state index is 13.5. The summed E-state index contributed by atoms with van der Waals surface area (Å²) in [5, 5.41) is 2.99. The van der Waals surface area contributed by atoms with E-state index >= 15 is 0 Å². The first kappa shape index (κ1) is 10.5. The molecule has 2 nitrogen and oxygen atoms in total. The Morgan fingerprint density at radius 2 is 2.07 bits per heavy atom. The number of hydrogen-bond acceptors (Lipinski definition) is 2. The van der Waals surface area contributed by atoms with Crippen LogP contribution in [0, 0.1) is 11.6 Å². The number of likely N-dealkylation sites (N-methyl/N-ethyl adjacent to an activating group) is 1. The fourth-order valence-electron chi connectivity index (χ4n) is 1.92. The van der Waals surface area contributed by atoms with E-state index in [-0.39, 0.29) is 11.6 Å². The van der Waals surface area contributed by atoms with E-state index in [9.17, 15) is 8.78 Å². The summed E-state index contributed by atoms with van der Waals surface area (Å²) in [7, 11) is 1.74. The molecule has 0 saturated heterocycles. The SMILES string of the molecule is CNC(c1ccc(F)cc1F)C1(N)CC1. The number of nitrogens with two attached hydrogens (primary N) is 1. The smallest absolute Gasteiger partial charge is 0.130 e. The van der Waals surface area contributed by atoms with Crippen molar-refractivity contribution in [1.82, 2.24) is 5.32 Å². The van der Waals surface area contributed by atoms with Gasteiger partial charge in [-0.05, 0) is 26.0 Å². The molecule has 0 heterocycles. The summed E-state index contributed by atoms with van der Waals surface area (Å²) >= 11 is 0. The minimum absolute atomic E-state index is 0.238. The average Bonchev–Trinajstić information content (AvgIpc) is 2.90. The lowest BCUT2D eigenvalue weighted by Crippen LogP contribution is -2.38. The minimum Gasteiger partial charge on any atom is -0.323 e. The molecule has 0 bridgehead atoms. The molecule has 0 radical (unpaired) electrons. The Hall–Kier alpha value is -1.00. The van der Waals surface area contributed by atoms with Crippen LogP contribution >= 0.6 is 0 Å². The Bertz CT molecular complexity index is 375. The summed E-state index contributed by atoms with van der Waals surface area (Å²) in [6, 6.07) is 3.37. The molecule has 2 rings (SSSR count). The zero-order valence-corrected chi connectivity index (χ0v) is 8.56. The van der Waals surface area contributed by atoms with E-state index in [1.54, 1.807) is 7.05 Å². The van der Waals surface area contributed by atoms with Crippen molar-refractivity contribution in [1.29, 1.82) is 0 Å². The standard InChI is InChI=1S/C11H14F2N2/c1-15-10(11(14)4-5-11)8-3-2-7(12)6-9(8)13/h2-3,6,10,15H,4-5,14H2,1H3. The van der Waals surface area contributed by atoms with Gasteiger partial charge in [0.05, 0.1) is 6.04 Å². The van der Waals surface area contributed by atoms with Crippen molar-refractivity contribution in [2.24, 2.45) is 5.73 Å². The summed E-state index contributed by atoms with van der Waals surface area (Å²) in [5.74, 6) is -1.10. The predicted molar refractivity (Wildman–Crippen MR) is 54.3 cm³/mol. The highest BCUT2D eigenvalue weighted by atomic mass is 19.1. The predicted octanol–water partition coefficient (Wildman–Crippen LogP) is 1.72. The van der Waals surface area contributed by atoms with Gasteiger partial charge in [-0.3, -0.25) is 0 Å². The molecule has 1 aliphatic rings. The van der Waals surface area contributed by atoms with Gasteiger partial charge in [0.1, 0.15) is 11.6 Å². The van der Waals surface area contributed by atoms with Gasteiger partial charge in [0.25, 0.3) is 0 Å². The Labute approximate surface area is 87.5 Å². The number of hydrogen-bond donors (Lipinski definition) is 2. The van der Waals surface area contributed by atoms with E-state index in [1.165, 1.54) is 12.1 Å². The molecule has 15 heavy (non-hydrogen) atoms. The second-order valence-electron chi connectivity index (χ2n) is 4.12. The second-order valence-corrected chi connectivity index (χ2v) is 4.12. The van der Waals surface area contributed by atoms with E-state index in [2.05, 4.69) is 5.32 Å². The molecule has 82 valence electrons. The molecule has 1 saturated carbocycles. The average molecular weight is 212 g/mol. The number of benzene rings is 1. The van der Waals surface area contributed by atoms with Gasteiger partial charge < -0.3 is 11.1 Å². The fraction of sp³-hybridized carbons (Fsp3) is 0.455. The molecule has 0 amide bonds. The monoisotopic (exact) mass is 212 g/mol. The van der Waals surface area contributed by atoms with E-state index in [1.807, 2.05) is 0 Å². The molecule has 0 aliphatic heterocycles. The van der Waals surface area contributed by atoms with E-state index in [0.717, 1.165) is 18.9 Å². The Morgan fingerprint density at radius 3 is 2.53 bits per heavy atom. The molecule has 1 aromatic carbocycles. The van der Waals surface area contributed by atoms with Crippen LogP contribution < -0.4 is 11.1 Å².